The highest BCUT2D eigenvalue weighted by Crippen LogP contribution is 2.48. The van der Waals surface area contributed by atoms with Crippen molar-refractivity contribution in [3.05, 3.63) is 161 Å². The Morgan fingerprint density at radius 3 is 2.33 bits per heavy atom. The number of benzene rings is 5. The number of anilines is 2. The van der Waals surface area contributed by atoms with Crippen LogP contribution < -0.4 is 4.90 Å². The lowest BCUT2D eigenvalue weighted by atomic mass is 9.74. The van der Waals surface area contributed by atoms with Crippen molar-refractivity contribution in [1.29, 1.82) is 0 Å². The molecule has 0 N–H and O–H groups in total. The van der Waals surface area contributed by atoms with E-state index in [1.807, 2.05) is 0 Å². The van der Waals surface area contributed by atoms with Gasteiger partial charge in [0.15, 0.2) is 0 Å². The summed E-state index contributed by atoms with van der Waals surface area (Å²) in [6.45, 7) is 4.74. The molecular weight excluding hydrogens is 544 g/mol. The Morgan fingerprint density at radius 2 is 1.47 bits per heavy atom. The second-order valence-electron chi connectivity index (χ2n) is 13.2. The van der Waals surface area contributed by atoms with E-state index in [0.29, 0.717) is 0 Å². The molecule has 0 fully saturated rings. The molecule has 2 heterocycles. The minimum atomic E-state index is -0.0538. The van der Waals surface area contributed by atoms with Crippen molar-refractivity contribution in [1.82, 2.24) is 4.57 Å². The van der Waals surface area contributed by atoms with Gasteiger partial charge in [-0.3, -0.25) is 0 Å². The van der Waals surface area contributed by atoms with Crippen LogP contribution in [0.5, 0.6) is 0 Å². The van der Waals surface area contributed by atoms with E-state index in [1.54, 1.807) is 0 Å². The van der Waals surface area contributed by atoms with Crippen molar-refractivity contribution >= 4 is 34.4 Å². The summed E-state index contributed by atoms with van der Waals surface area (Å²) in [6.07, 6.45) is 12.6. The molecule has 0 radical (unpaired) electrons. The van der Waals surface area contributed by atoms with Crippen LogP contribution in [0.25, 0.3) is 39.9 Å². The molecule has 218 valence electrons. The average molecular weight is 581 g/mol. The SMILES string of the molecule is CC1(C)c2ccccc2-n2c3c(c4cccc1c42)CC(N(c1ccccc1)c1ccc(-c2cccc4c2C=CCC4)cc1)C=C3. The fourth-order valence-corrected chi connectivity index (χ4v) is 8.21. The monoisotopic (exact) mass is 580 g/mol. The minimum Gasteiger partial charge on any atom is -0.334 e. The van der Waals surface area contributed by atoms with Crippen molar-refractivity contribution in [3.63, 3.8) is 0 Å². The summed E-state index contributed by atoms with van der Waals surface area (Å²) in [5, 5.41) is 1.38. The Labute approximate surface area is 265 Å². The highest BCUT2D eigenvalue weighted by atomic mass is 15.2. The predicted molar refractivity (Wildman–Crippen MR) is 190 cm³/mol. The van der Waals surface area contributed by atoms with Crippen LogP contribution in [0, 0.1) is 0 Å². The smallest absolute Gasteiger partial charge is 0.0578 e. The Kier molecular flexibility index (Phi) is 5.83. The molecule has 1 aliphatic heterocycles. The van der Waals surface area contributed by atoms with E-state index in [0.717, 1.165) is 19.3 Å². The van der Waals surface area contributed by atoms with Gasteiger partial charge in [0, 0.05) is 27.9 Å². The number of nitrogens with zero attached hydrogens (tertiary/aromatic N) is 2. The Morgan fingerprint density at radius 1 is 0.711 bits per heavy atom. The molecule has 1 aromatic heterocycles. The van der Waals surface area contributed by atoms with E-state index in [1.165, 1.54) is 72.6 Å². The summed E-state index contributed by atoms with van der Waals surface area (Å²) in [5.74, 6) is 0. The Hall–Kier alpha value is -5.08. The zero-order chi connectivity index (χ0) is 30.1. The maximum atomic E-state index is 2.53. The van der Waals surface area contributed by atoms with Crippen molar-refractivity contribution in [3.8, 4) is 16.8 Å². The molecular formula is C43H36N2. The molecule has 0 saturated heterocycles. The molecule has 0 bridgehead atoms. The molecule has 1 unspecified atom stereocenters. The fourth-order valence-electron chi connectivity index (χ4n) is 8.21. The maximum absolute atomic E-state index is 2.53. The van der Waals surface area contributed by atoms with Crippen LogP contribution in [-0.4, -0.2) is 10.6 Å². The van der Waals surface area contributed by atoms with Gasteiger partial charge in [-0.1, -0.05) is 117 Å². The number of hydrogen-bond acceptors (Lipinski definition) is 1. The summed E-state index contributed by atoms with van der Waals surface area (Å²) in [5.41, 5.74) is 16.0. The van der Waals surface area contributed by atoms with E-state index < -0.39 is 0 Å². The number of para-hydroxylation sites is 3. The molecule has 45 heavy (non-hydrogen) atoms. The Bertz CT molecular complexity index is 2160. The van der Waals surface area contributed by atoms with Crippen LogP contribution in [-0.2, 0) is 18.3 Å². The number of rotatable bonds is 4. The van der Waals surface area contributed by atoms with Gasteiger partial charge in [0.1, 0.15) is 0 Å². The van der Waals surface area contributed by atoms with Gasteiger partial charge in [0.05, 0.1) is 17.2 Å². The predicted octanol–water partition coefficient (Wildman–Crippen LogP) is 10.7. The number of aromatic nitrogens is 1. The lowest BCUT2D eigenvalue weighted by Gasteiger charge is -2.35. The highest BCUT2D eigenvalue weighted by Gasteiger charge is 2.37. The first-order valence-electron chi connectivity index (χ1n) is 16.3. The van der Waals surface area contributed by atoms with Gasteiger partial charge < -0.3 is 9.47 Å². The van der Waals surface area contributed by atoms with Gasteiger partial charge in [-0.2, -0.15) is 0 Å². The molecule has 2 nitrogen and oxygen atoms in total. The molecule has 0 amide bonds. The zero-order valence-electron chi connectivity index (χ0n) is 25.9. The van der Waals surface area contributed by atoms with Gasteiger partial charge in [0.2, 0.25) is 0 Å². The molecule has 3 aliphatic rings. The van der Waals surface area contributed by atoms with Gasteiger partial charge >= 0.3 is 0 Å². The summed E-state index contributed by atoms with van der Waals surface area (Å²) in [6, 6.07) is 42.9. The molecule has 0 spiro atoms. The molecule has 2 heteroatoms. The van der Waals surface area contributed by atoms with E-state index in [4.69, 9.17) is 0 Å². The van der Waals surface area contributed by atoms with E-state index in [2.05, 4.69) is 163 Å². The first kappa shape index (κ1) is 26.3. The first-order valence-corrected chi connectivity index (χ1v) is 16.3. The average Bonchev–Trinajstić information content (AvgIpc) is 3.42. The summed E-state index contributed by atoms with van der Waals surface area (Å²) >= 11 is 0. The van der Waals surface area contributed by atoms with Gasteiger partial charge in [-0.25, -0.2) is 0 Å². The first-order chi connectivity index (χ1) is 22.1. The van der Waals surface area contributed by atoms with Crippen molar-refractivity contribution < 1.29 is 0 Å². The number of hydrogen-bond donors (Lipinski definition) is 0. The maximum Gasteiger partial charge on any atom is 0.0578 e. The summed E-state index contributed by atoms with van der Waals surface area (Å²) in [4.78, 5) is 2.52. The van der Waals surface area contributed by atoms with Crippen LogP contribution in [0.2, 0.25) is 0 Å². The van der Waals surface area contributed by atoms with Crippen LogP contribution in [0.3, 0.4) is 0 Å². The third-order valence-electron chi connectivity index (χ3n) is 10.4. The fraction of sp³-hybridized carbons (Fsp3) is 0.163. The van der Waals surface area contributed by atoms with Gasteiger partial charge in [-0.05, 0) is 94.6 Å². The van der Waals surface area contributed by atoms with E-state index in [-0.39, 0.29) is 11.5 Å². The van der Waals surface area contributed by atoms with Gasteiger partial charge in [0.25, 0.3) is 0 Å². The molecule has 2 aliphatic carbocycles. The second-order valence-corrected chi connectivity index (χ2v) is 13.2. The topological polar surface area (TPSA) is 8.17 Å². The lowest BCUT2D eigenvalue weighted by molar-refractivity contribution is 0.628. The van der Waals surface area contributed by atoms with Gasteiger partial charge in [-0.15, -0.1) is 0 Å². The van der Waals surface area contributed by atoms with Crippen LogP contribution in [0.15, 0.2) is 127 Å². The molecule has 6 aromatic rings. The van der Waals surface area contributed by atoms with Crippen molar-refractivity contribution in [2.75, 3.05) is 4.90 Å². The molecule has 0 saturated carbocycles. The van der Waals surface area contributed by atoms with E-state index >= 15 is 0 Å². The molecule has 1 atom stereocenters. The lowest BCUT2D eigenvalue weighted by Crippen LogP contribution is -2.33. The third-order valence-corrected chi connectivity index (χ3v) is 10.4. The minimum absolute atomic E-state index is 0.0538. The highest BCUT2D eigenvalue weighted by molar-refractivity contribution is 5.96. The van der Waals surface area contributed by atoms with Crippen LogP contribution in [0.1, 0.15) is 53.8 Å². The number of aryl methyl sites for hydroxylation is 1. The second kappa shape index (κ2) is 9.97. The summed E-state index contributed by atoms with van der Waals surface area (Å²) in [7, 11) is 0. The quantitative estimate of drug-likeness (QED) is 0.201. The van der Waals surface area contributed by atoms with Crippen molar-refractivity contribution in [2.24, 2.45) is 0 Å². The zero-order valence-corrected chi connectivity index (χ0v) is 25.9. The largest absolute Gasteiger partial charge is 0.334 e. The number of fused-ring (bicyclic) bond motifs is 6. The van der Waals surface area contributed by atoms with E-state index in [9.17, 15) is 0 Å². The summed E-state index contributed by atoms with van der Waals surface area (Å²) < 4.78 is 2.53. The standard InChI is InChI=1S/C43H36N2/c1-43(2)38-19-8-9-21-41(38)45-40-27-26-33(28-37(40)36-18-11-20-39(43)42(36)45)44(31-14-4-3-5-15-31)32-24-22-30(23-25-32)35-17-10-13-29-12-6-7-16-34(29)35/h3-5,7-11,13-27,33H,6,12,28H2,1-2H3. The van der Waals surface area contributed by atoms with Crippen molar-refractivity contribution in [2.45, 2.75) is 44.6 Å². The molecule has 9 rings (SSSR count). The third kappa shape index (κ3) is 3.95. The normalized spacial score (nSPS) is 17.1. The van der Waals surface area contributed by atoms with Crippen LogP contribution >= 0.6 is 0 Å². The number of allylic oxidation sites excluding steroid dienone is 1. The Balaban J connectivity index is 1.15. The van der Waals surface area contributed by atoms with Crippen LogP contribution in [0.4, 0.5) is 11.4 Å². The molecule has 5 aromatic carbocycles.